The number of carboxylic acids is 1. The van der Waals surface area contributed by atoms with Crippen LogP contribution in [0.15, 0.2) is 65.6 Å². The molecule has 3 aromatic carbocycles. The number of nitrogens with one attached hydrogen (secondary N) is 1. The van der Waals surface area contributed by atoms with Crippen molar-refractivity contribution in [3.63, 3.8) is 0 Å². The van der Waals surface area contributed by atoms with Gasteiger partial charge in [-0.2, -0.15) is 0 Å². The summed E-state index contributed by atoms with van der Waals surface area (Å²) in [5.74, 6) is -1.18. The van der Waals surface area contributed by atoms with E-state index in [9.17, 15) is 18.3 Å². The van der Waals surface area contributed by atoms with Gasteiger partial charge in [0.25, 0.3) is 10.0 Å². The van der Waals surface area contributed by atoms with Crippen LogP contribution in [0.3, 0.4) is 0 Å². The molecule has 0 aliphatic carbocycles. The standard InChI is InChI=1S/C26H29N3O4S/c1-18-5-4-6-21(15-18)28-11-13-29(14-12-28)22-9-10-24(23(17-22)26(30)31)27-34(32,33)25-16-19(2)7-8-20(25)3/h4-10,15-17,27H,11-14H2,1-3H3,(H,30,31). The number of aromatic carboxylic acids is 1. The maximum atomic E-state index is 13.0. The molecule has 1 saturated heterocycles. The maximum absolute atomic E-state index is 13.0. The molecule has 3 aromatic rings. The van der Waals surface area contributed by atoms with E-state index in [1.807, 2.05) is 19.1 Å². The van der Waals surface area contributed by atoms with Gasteiger partial charge in [-0.3, -0.25) is 4.72 Å². The molecule has 8 heteroatoms. The van der Waals surface area contributed by atoms with Gasteiger partial charge in [-0.05, 0) is 73.9 Å². The van der Waals surface area contributed by atoms with Gasteiger partial charge < -0.3 is 14.9 Å². The smallest absolute Gasteiger partial charge is 0.337 e. The zero-order valence-electron chi connectivity index (χ0n) is 19.6. The zero-order valence-corrected chi connectivity index (χ0v) is 20.4. The van der Waals surface area contributed by atoms with Crippen LogP contribution in [0.5, 0.6) is 0 Å². The Morgan fingerprint density at radius 1 is 0.824 bits per heavy atom. The van der Waals surface area contributed by atoms with Gasteiger partial charge in [0.2, 0.25) is 0 Å². The number of anilines is 3. The Morgan fingerprint density at radius 2 is 1.44 bits per heavy atom. The van der Waals surface area contributed by atoms with E-state index in [1.54, 1.807) is 31.2 Å². The molecule has 7 nitrogen and oxygen atoms in total. The normalized spacial score (nSPS) is 14.2. The minimum atomic E-state index is -3.94. The van der Waals surface area contributed by atoms with Crippen LogP contribution in [0.25, 0.3) is 0 Å². The van der Waals surface area contributed by atoms with Gasteiger partial charge >= 0.3 is 5.97 Å². The highest BCUT2D eigenvalue weighted by molar-refractivity contribution is 7.92. The summed E-state index contributed by atoms with van der Waals surface area (Å²) in [6.07, 6.45) is 0. The van der Waals surface area contributed by atoms with Crippen LogP contribution in [-0.2, 0) is 10.0 Å². The van der Waals surface area contributed by atoms with E-state index in [-0.39, 0.29) is 16.1 Å². The summed E-state index contributed by atoms with van der Waals surface area (Å²) in [6, 6.07) is 18.4. The molecule has 0 saturated carbocycles. The third-order valence-electron chi connectivity index (χ3n) is 6.12. The molecule has 178 valence electrons. The van der Waals surface area contributed by atoms with Crippen LogP contribution in [-0.4, -0.2) is 45.7 Å². The minimum absolute atomic E-state index is 0.0514. The van der Waals surface area contributed by atoms with Gasteiger partial charge in [0.1, 0.15) is 0 Å². The zero-order chi connectivity index (χ0) is 24.5. The van der Waals surface area contributed by atoms with E-state index in [1.165, 1.54) is 17.3 Å². The first kappa shape index (κ1) is 23.6. The lowest BCUT2D eigenvalue weighted by Gasteiger charge is -2.37. The van der Waals surface area contributed by atoms with Crippen LogP contribution in [0.2, 0.25) is 0 Å². The fourth-order valence-electron chi connectivity index (χ4n) is 4.24. The number of hydrogen-bond acceptors (Lipinski definition) is 5. The van der Waals surface area contributed by atoms with E-state index in [0.717, 1.165) is 37.4 Å². The molecule has 0 radical (unpaired) electrons. The molecule has 0 atom stereocenters. The molecule has 34 heavy (non-hydrogen) atoms. The highest BCUT2D eigenvalue weighted by Gasteiger charge is 2.23. The summed E-state index contributed by atoms with van der Waals surface area (Å²) in [6.45, 7) is 8.70. The predicted octanol–water partition coefficient (Wildman–Crippen LogP) is 4.44. The van der Waals surface area contributed by atoms with Crippen molar-refractivity contribution < 1.29 is 18.3 Å². The fraction of sp³-hybridized carbons (Fsp3) is 0.269. The lowest BCUT2D eigenvalue weighted by molar-refractivity contribution is 0.0698. The van der Waals surface area contributed by atoms with Gasteiger partial charge in [0.15, 0.2) is 0 Å². The number of carboxylic acid groups (broad SMARTS) is 1. The fourth-order valence-corrected chi connectivity index (χ4v) is 5.65. The third kappa shape index (κ3) is 5.02. The van der Waals surface area contributed by atoms with E-state index < -0.39 is 16.0 Å². The van der Waals surface area contributed by atoms with Crippen molar-refractivity contribution in [2.24, 2.45) is 0 Å². The number of benzene rings is 3. The predicted molar refractivity (Wildman–Crippen MR) is 136 cm³/mol. The Balaban J connectivity index is 1.54. The highest BCUT2D eigenvalue weighted by atomic mass is 32.2. The molecule has 1 aliphatic heterocycles. The average molecular weight is 480 g/mol. The first-order chi connectivity index (χ1) is 16.1. The number of piperazine rings is 1. The minimum Gasteiger partial charge on any atom is -0.478 e. The molecular formula is C26H29N3O4S. The third-order valence-corrected chi connectivity index (χ3v) is 7.63. The lowest BCUT2D eigenvalue weighted by atomic mass is 10.1. The van der Waals surface area contributed by atoms with E-state index >= 15 is 0 Å². The molecule has 1 aliphatic rings. The molecule has 1 fully saturated rings. The van der Waals surface area contributed by atoms with Crippen molar-refractivity contribution in [2.75, 3.05) is 40.7 Å². The van der Waals surface area contributed by atoms with E-state index in [4.69, 9.17) is 0 Å². The molecule has 0 aromatic heterocycles. The number of rotatable bonds is 6. The Morgan fingerprint density at radius 3 is 2.06 bits per heavy atom. The second kappa shape index (κ2) is 9.38. The number of carbonyl (C=O) groups is 1. The maximum Gasteiger partial charge on any atom is 0.337 e. The van der Waals surface area contributed by atoms with Gasteiger partial charge in [-0.1, -0.05) is 24.3 Å². The summed E-state index contributed by atoms with van der Waals surface area (Å²) in [5, 5.41) is 9.81. The Hall–Kier alpha value is -3.52. The first-order valence-electron chi connectivity index (χ1n) is 11.2. The summed E-state index contributed by atoms with van der Waals surface area (Å²) in [5.41, 5.74) is 4.54. The highest BCUT2D eigenvalue weighted by Crippen LogP contribution is 2.28. The second-order valence-corrected chi connectivity index (χ2v) is 10.4. The van der Waals surface area contributed by atoms with Crippen molar-refractivity contribution in [3.8, 4) is 0 Å². The lowest BCUT2D eigenvalue weighted by Crippen LogP contribution is -2.46. The summed E-state index contributed by atoms with van der Waals surface area (Å²) in [4.78, 5) is 16.6. The Kier molecular flexibility index (Phi) is 6.52. The average Bonchev–Trinajstić information content (AvgIpc) is 2.80. The van der Waals surface area contributed by atoms with Crippen molar-refractivity contribution in [2.45, 2.75) is 25.7 Å². The molecule has 0 amide bonds. The topological polar surface area (TPSA) is 90.0 Å². The molecule has 0 unspecified atom stereocenters. The van der Waals surface area contributed by atoms with Crippen LogP contribution >= 0.6 is 0 Å². The molecule has 1 heterocycles. The van der Waals surface area contributed by atoms with Crippen molar-refractivity contribution in [3.05, 3.63) is 82.9 Å². The largest absolute Gasteiger partial charge is 0.478 e. The Bertz CT molecular complexity index is 1330. The first-order valence-corrected chi connectivity index (χ1v) is 12.7. The van der Waals surface area contributed by atoms with Crippen molar-refractivity contribution in [1.82, 2.24) is 0 Å². The Labute approximate surface area is 200 Å². The SMILES string of the molecule is Cc1cccc(N2CCN(c3ccc(NS(=O)(=O)c4cc(C)ccc4C)c(C(=O)O)c3)CC2)c1. The second-order valence-electron chi connectivity index (χ2n) is 8.72. The van der Waals surface area contributed by atoms with Gasteiger partial charge in [0.05, 0.1) is 16.1 Å². The molecule has 4 rings (SSSR count). The number of sulfonamides is 1. The van der Waals surface area contributed by atoms with Gasteiger partial charge in [0, 0.05) is 37.6 Å². The van der Waals surface area contributed by atoms with Crippen LogP contribution in [0, 0.1) is 20.8 Å². The van der Waals surface area contributed by atoms with Crippen molar-refractivity contribution in [1.29, 1.82) is 0 Å². The van der Waals surface area contributed by atoms with Crippen LogP contribution < -0.4 is 14.5 Å². The van der Waals surface area contributed by atoms with Crippen LogP contribution in [0.1, 0.15) is 27.0 Å². The number of hydrogen-bond donors (Lipinski definition) is 2. The monoisotopic (exact) mass is 479 g/mol. The van der Waals surface area contributed by atoms with Crippen molar-refractivity contribution >= 4 is 33.1 Å². The van der Waals surface area contributed by atoms with E-state index in [0.29, 0.717) is 5.56 Å². The van der Waals surface area contributed by atoms with Gasteiger partial charge in [-0.25, -0.2) is 13.2 Å². The van der Waals surface area contributed by atoms with Gasteiger partial charge in [-0.15, -0.1) is 0 Å². The van der Waals surface area contributed by atoms with Crippen LogP contribution in [0.4, 0.5) is 17.1 Å². The molecule has 2 N–H and O–H groups in total. The summed E-state index contributed by atoms with van der Waals surface area (Å²) < 4.78 is 28.5. The number of aryl methyl sites for hydroxylation is 3. The van der Waals surface area contributed by atoms with E-state index in [2.05, 4.69) is 39.6 Å². The molecule has 0 spiro atoms. The summed E-state index contributed by atoms with van der Waals surface area (Å²) in [7, 11) is -3.94. The molecule has 0 bridgehead atoms. The molecular weight excluding hydrogens is 450 g/mol. The quantitative estimate of drug-likeness (QED) is 0.543. The number of nitrogens with zero attached hydrogens (tertiary/aromatic N) is 2. The summed E-state index contributed by atoms with van der Waals surface area (Å²) >= 11 is 0.